The van der Waals surface area contributed by atoms with Crippen molar-refractivity contribution in [3.8, 4) is 0 Å². The summed E-state index contributed by atoms with van der Waals surface area (Å²) in [6, 6.07) is 1.56. The van der Waals surface area contributed by atoms with Gasteiger partial charge in [0.2, 0.25) is 11.9 Å². The predicted octanol–water partition coefficient (Wildman–Crippen LogP) is 1.73. The van der Waals surface area contributed by atoms with E-state index in [0.29, 0.717) is 5.69 Å². The molecule has 2 unspecified atom stereocenters. The summed E-state index contributed by atoms with van der Waals surface area (Å²) in [7, 11) is 0. The van der Waals surface area contributed by atoms with Crippen molar-refractivity contribution in [3.05, 3.63) is 16.9 Å². The smallest absolute Gasteiger partial charge is 0.307 e. The predicted molar refractivity (Wildman–Crippen MR) is 66.4 cm³/mol. The van der Waals surface area contributed by atoms with Crippen LogP contribution < -0.4 is 5.32 Å². The molecule has 0 fully saturated rings. The average molecular weight is 272 g/mol. The third-order valence-corrected chi connectivity index (χ3v) is 2.80. The van der Waals surface area contributed by atoms with Gasteiger partial charge in [0, 0.05) is 11.6 Å². The van der Waals surface area contributed by atoms with Gasteiger partial charge in [0.25, 0.3) is 0 Å². The summed E-state index contributed by atoms with van der Waals surface area (Å²) in [5.74, 6) is -2.88. The Kier molecular flexibility index (Phi) is 4.61. The number of hydrogen-bond acceptors (Lipinski definition) is 4. The molecule has 98 valence electrons. The Morgan fingerprint density at radius 2 is 1.94 bits per heavy atom. The zero-order valence-corrected chi connectivity index (χ0v) is 11.0. The van der Waals surface area contributed by atoms with Gasteiger partial charge in [-0.2, -0.15) is 0 Å². The molecule has 2 atom stereocenters. The lowest BCUT2D eigenvalue weighted by atomic mass is 9.95. The Balaban J connectivity index is 2.78. The highest BCUT2D eigenvalue weighted by Gasteiger charge is 2.26. The van der Waals surface area contributed by atoms with E-state index in [1.165, 1.54) is 13.8 Å². The van der Waals surface area contributed by atoms with Gasteiger partial charge in [-0.25, -0.2) is 9.97 Å². The number of carbonyl (C=O) groups is 2. The maximum absolute atomic E-state index is 11.8. The molecule has 1 rings (SSSR count). The Morgan fingerprint density at radius 3 is 2.44 bits per heavy atom. The Hall–Kier alpha value is -1.69. The number of anilines is 1. The SMILES string of the molecule is Cc1cc(Cl)nc(NC(=O)C(C)C(C)C(=O)O)n1. The molecule has 0 aromatic carbocycles. The number of rotatable bonds is 4. The minimum atomic E-state index is -1.03. The van der Waals surface area contributed by atoms with E-state index in [0.717, 1.165) is 0 Å². The van der Waals surface area contributed by atoms with Crippen molar-refractivity contribution in [3.63, 3.8) is 0 Å². The van der Waals surface area contributed by atoms with Gasteiger partial charge in [0.15, 0.2) is 0 Å². The Morgan fingerprint density at radius 1 is 1.33 bits per heavy atom. The van der Waals surface area contributed by atoms with E-state index in [4.69, 9.17) is 16.7 Å². The summed E-state index contributed by atoms with van der Waals surface area (Å²) < 4.78 is 0. The zero-order chi connectivity index (χ0) is 13.9. The molecule has 1 aromatic heterocycles. The lowest BCUT2D eigenvalue weighted by molar-refractivity contribution is -0.145. The van der Waals surface area contributed by atoms with Crippen LogP contribution in [0.15, 0.2) is 6.07 Å². The van der Waals surface area contributed by atoms with E-state index >= 15 is 0 Å². The lowest BCUT2D eigenvalue weighted by Crippen LogP contribution is -2.30. The van der Waals surface area contributed by atoms with Gasteiger partial charge in [-0.05, 0) is 13.0 Å². The number of aliphatic carboxylic acids is 1. The molecular weight excluding hydrogens is 258 g/mol. The van der Waals surface area contributed by atoms with E-state index in [-0.39, 0.29) is 11.1 Å². The minimum Gasteiger partial charge on any atom is -0.481 e. The van der Waals surface area contributed by atoms with Crippen LogP contribution in [0.2, 0.25) is 5.15 Å². The molecule has 7 heteroatoms. The molecule has 0 spiro atoms. The molecule has 0 aliphatic carbocycles. The van der Waals surface area contributed by atoms with Crippen molar-refractivity contribution in [2.45, 2.75) is 20.8 Å². The lowest BCUT2D eigenvalue weighted by Gasteiger charge is -2.15. The first-order valence-corrected chi connectivity index (χ1v) is 5.74. The third-order valence-electron chi connectivity index (χ3n) is 2.61. The quantitative estimate of drug-likeness (QED) is 0.814. The molecule has 0 bridgehead atoms. The highest BCUT2D eigenvalue weighted by molar-refractivity contribution is 6.29. The van der Waals surface area contributed by atoms with Gasteiger partial charge in [-0.3, -0.25) is 14.9 Å². The number of carbonyl (C=O) groups excluding carboxylic acids is 1. The molecule has 18 heavy (non-hydrogen) atoms. The van der Waals surface area contributed by atoms with Crippen LogP contribution in [0.3, 0.4) is 0 Å². The number of carboxylic acid groups (broad SMARTS) is 1. The van der Waals surface area contributed by atoms with Crippen LogP contribution in [0.4, 0.5) is 5.95 Å². The van der Waals surface area contributed by atoms with Crippen molar-refractivity contribution in [2.75, 3.05) is 5.32 Å². The molecule has 0 saturated heterocycles. The third kappa shape index (κ3) is 3.66. The standard InChI is InChI=1S/C11H14ClN3O3/c1-5-4-8(12)14-11(13-5)15-9(16)6(2)7(3)10(17)18/h4,6-7H,1-3H3,(H,17,18)(H,13,14,15,16). The van der Waals surface area contributed by atoms with Gasteiger partial charge in [0.1, 0.15) is 5.15 Å². The first kappa shape index (κ1) is 14.4. The molecule has 2 N–H and O–H groups in total. The van der Waals surface area contributed by atoms with E-state index < -0.39 is 23.7 Å². The van der Waals surface area contributed by atoms with Crippen LogP contribution in [-0.2, 0) is 9.59 Å². The number of halogens is 1. The number of aromatic nitrogens is 2. The summed E-state index contributed by atoms with van der Waals surface area (Å²) in [4.78, 5) is 30.4. The summed E-state index contributed by atoms with van der Waals surface area (Å²) in [5.41, 5.74) is 0.615. The second-order valence-corrected chi connectivity index (χ2v) is 4.45. The van der Waals surface area contributed by atoms with E-state index in [2.05, 4.69) is 15.3 Å². The fourth-order valence-electron chi connectivity index (χ4n) is 1.25. The molecule has 0 aliphatic rings. The van der Waals surface area contributed by atoms with Gasteiger partial charge in [-0.1, -0.05) is 25.4 Å². The maximum Gasteiger partial charge on any atom is 0.307 e. The largest absolute Gasteiger partial charge is 0.481 e. The summed E-state index contributed by atoms with van der Waals surface area (Å²) in [5, 5.41) is 11.5. The van der Waals surface area contributed by atoms with Crippen molar-refractivity contribution in [1.29, 1.82) is 0 Å². The number of nitrogens with one attached hydrogen (secondary N) is 1. The minimum absolute atomic E-state index is 0.0782. The van der Waals surface area contributed by atoms with Crippen molar-refractivity contribution in [1.82, 2.24) is 9.97 Å². The van der Waals surface area contributed by atoms with Crippen LogP contribution in [-0.4, -0.2) is 27.0 Å². The Bertz CT molecular complexity index is 458. The number of nitrogens with zero attached hydrogens (tertiary/aromatic N) is 2. The number of carboxylic acids is 1. The van der Waals surface area contributed by atoms with Crippen molar-refractivity contribution >= 4 is 29.4 Å². The summed E-state index contributed by atoms with van der Waals surface area (Å²) in [6.45, 7) is 4.72. The highest BCUT2D eigenvalue weighted by Crippen LogP contribution is 2.15. The van der Waals surface area contributed by atoms with Crippen molar-refractivity contribution in [2.24, 2.45) is 11.8 Å². The monoisotopic (exact) mass is 271 g/mol. The topological polar surface area (TPSA) is 92.2 Å². The summed E-state index contributed by atoms with van der Waals surface area (Å²) in [6.07, 6.45) is 0. The number of aryl methyl sites for hydroxylation is 1. The molecular formula is C11H14ClN3O3. The first-order chi connectivity index (χ1) is 8.31. The second kappa shape index (κ2) is 5.77. The molecule has 0 radical (unpaired) electrons. The van der Waals surface area contributed by atoms with Crippen LogP contribution in [0, 0.1) is 18.8 Å². The molecule has 1 aromatic rings. The van der Waals surface area contributed by atoms with Crippen LogP contribution in [0.25, 0.3) is 0 Å². The fourth-order valence-corrected chi connectivity index (χ4v) is 1.49. The van der Waals surface area contributed by atoms with E-state index in [1.807, 2.05) is 0 Å². The zero-order valence-electron chi connectivity index (χ0n) is 10.3. The van der Waals surface area contributed by atoms with E-state index in [9.17, 15) is 9.59 Å². The average Bonchev–Trinajstić information content (AvgIpc) is 2.25. The van der Waals surface area contributed by atoms with Gasteiger partial charge in [-0.15, -0.1) is 0 Å². The highest BCUT2D eigenvalue weighted by atomic mass is 35.5. The number of amides is 1. The van der Waals surface area contributed by atoms with Gasteiger partial charge < -0.3 is 5.11 Å². The normalized spacial score (nSPS) is 13.8. The molecule has 1 amide bonds. The maximum atomic E-state index is 11.8. The van der Waals surface area contributed by atoms with Gasteiger partial charge in [0.05, 0.1) is 5.92 Å². The second-order valence-electron chi connectivity index (χ2n) is 4.06. The van der Waals surface area contributed by atoms with Crippen LogP contribution in [0.1, 0.15) is 19.5 Å². The van der Waals surface area contributed by atoms with Crippen LogP contribution >= 0.6 is 11.6 Å². The molecule has 0 aliphatic heterocycles. The fraction of sp³-hybridized carbons (Fsp3) is 0.455. The molecule has 1 heterocycles. The Labute approximate surface area is 109 Å². The summed E-state index contributed by atoms with van der Waals surface area (Å²) >= 11 is 5.73. The number of hydrogen-bond donors (Lipinski definition) is 2. The van der Waals surface area contributed by atoms with Crippen LogP contribution in [0.5, 0.6) is 0 Å². The van der Waals surface area contributed by atoms with Gasteiger partial charge >= 0.3 is 5.97 Å². The first-order valence-electron chi connectivity index (χ1n) is 5.36. The van der Waals surface area contributed by atoms with E-state index in [1.54, 1.807) is 13.0 Å². The molecule has 6 nitrogen and oxygen atoms in total. The van der Waals surface area contributed by atoms with Crippen molar-refractivity contribution < 1.29 is 14.7 Å². The molecule has 0 saturated carbocycles.